The molecule has 0 aromatic carbocycles. The van der Waals surface area contributed by atoms with Gasteiger partial charge in [0.1, 0.15) is 11.8 Å². The van der Waals surface area contributed by atoms with Crippen molar-refractivity contribution in [2.24, 2.45) is 0 Å². The van der Waals surface area contributed by atoms with Gasteiger partial charge in [-0.1, -0.05) is 6.92 Å². The lowest BCUT2D eigenvalue weighted by molar-refractivity contribution is 0.0420. The van der Waals surface area contributed by atoms with E-state index >= 15 is 0 Å². The molecule has 0 amide bonds. The Morgan fingerprint density at radius 1 is 1.38 bits per heavy atom. The van der Waals surface area contributed by atoms with Gasteiger partial charge in [-0.2, -0.15) is 0 Å². The van der Waals surface area contributed by atoms with E-state index in [0.717, 1.165) is 6.61 Å². The molecular weight excluding hydrogens is 224 g/mol. The highest BCUT2D eigenvalue weighted by molar-refractivity contribution is 6.67. The summed E-state index contributed by atoms with van der Waals surface area (Å²) in [4.78, 5) is 0. The Hall–Kier alpha value is 0.0569. The third-order valence-corrected chi connectivity index (χ3v) is 5.94. The van der Waals surface area contributed by atoms with Gasteiger partial charge in [-0.15, -0.1) is 0 Å². The van der Waals surface area contributed by atoms with Gasteiger partial charge in [0.25, 0.3) is 0 Å². The minimum Gasteiger partial charge on any atom is -0.393 e. The second-order valence-electron chi connectivity index (χ2n) is 3.95. The molecule has 1 radical (unpaired) electrons. The Morgan fingerprint density at radius 2 is 1.94 bits per heavy atom. The topological polar surface area (TPSA) is 40.2 Å². The maximum absolute atomic E-state index is 5.81. The van der Waals surface area contributed by atoms with Gasteiger partial charge in [-0.25, -0.2) is 0 Å². The van der Waals surface area contributed by atoms with Gasteiger partial charge in [-0.3, -0.25) is 0 Å². The van der Waals surface area contributed by atoms with Crippen molar-refractivity contribution in [1.29, 1.82) is 0 Å². The van der Waals surface area contributed by atoms with Crippen LogP contribution in [0.1, 0.15) is 20.3 Å². The highest BCUT2D eigenvalue weighted by atomic mass is 28.4. The average molecular weight is 247 g/mol. The van der Waals surface area contributed by atoms with E-state index in [9.17, 15) is 0 Å². The molecule has 2 atom stereocenters. The first-order chi connectivity index (χ1) is 7.66. The van der Waals surface area contributed by atoms with E-state index in [2.05, 4.69) is 6.92 Å². The summed E-state index contributed by atoms with van der Waals surface area (Å²) in [6.07, 6.45) is 0.950. The lowest BCUT2D eigenvalue weighted by Crippen LogP contribution is -2.52. The van der Waals surface area contributed by atoms with Crippen LogP contribution in [-0.2, 0) is 18.3 Å². The molecule has 2 unspecified atom stereocenters. The van der Waals surface area contributed by atoms with Gasteiger partial charge in [-0.05, 0) is 26.8 Å². The predicted molar refractivity (Wildman–Crippen MR) is 64.3 cm³/mol. The van der Waals surface area contributed by atoms with Gasteiger partial charge in [0, 0.05) is 13.2 Å². The molecule has 4 nitrogen and oxygen atoms in total. The summed E-state index contributed by atoms with van der Waals surface area (Å²) in [7, 11) is -2.26. The summed E-state index contributed by atoms with van der Waals surface area (Å²) in [5.41, 5.74) is -0.0170. The van der Waals surface area contributed by atoms with E-state index in [4.69, 9.17) is 18.3 Å². The molecule has 1 aliphatic rings. The van der Waals surface area contributed by atoms with Crippen LogP contribution in [0.15, 0.2) is 0 Å². The standard InChI is InChI=1S/C11H23O4Si/c1-5-11(13-9-10-8-12-10)16(4,14-6-2)15-7-3/h10-11H,1,5-9H2,2-4H3. The summed E-state index contributed by atoms with van der Waals surface area (Å²) in [5.74, 6) is 0. The largest absolute Gasteiger partial charge is 0.393 e. The van der Waals surface area contributed by atoms with E-state index in [0.29, 0.717) is 26.2 Å². The lowest BCUT2D eigenvalue weighted by atomic mass is 10.5. The Bertz CT molecular complexity index is 190. The third kappa shape index (κ3) is 4.14. The van der Waals surface area contributed by atoms with Gasteiger partial charge in [0.2, 0.25) is 0 Å². The zero-order valence-electron chi connectivity index (χ0n) is 10.5. The molecule has 95 valence electrons. The van der Waals surface area contributed by atoms with Crippen LogP contribution in [0.2, 0.25) is 6.55 Å². The van der Waals surface area contributed by atoms with Crippen molar-refractivity contribution in [1.82, 2.24) is 0 Å². The first kappa shape index (κ1) is 14.1. The van der Waals surface area contributed by atoms with Crippen LogP contribution in [0.3, 0.4) is 0 Å². The average Bonchev–Trinajstić information content (AvgIpc) is 3.03. The van der Waals surface area contributed by atoms with E-state index < -0.39 is 8.56 Å². The quantitative estimate of drug-likeness (QED) is 0.459. The molecule has 1 rings (SSSR count). The number of epoxide rings is 1. The second-order valence-corrected chi connectivity index (χ2v) is 7.20. The van der Waals surface area contributed by atoms with Crippen LogP contribution in [-0.4, -0.2) is 46.8 Å². The lowest BCUT2D eigenvalue weighted by Gasteiger charge is -2.33. The Balaban J connectivity index is 2.47. The van der Waals surface area contributed by atoms with Crippen LogP contribution >= 0.6 is 0 Å². The smallest absolute Gasteiger partial charge is 0.364 e. The fourth-order valence-electron chi connectivity index (χ4n) is 1.69. The number of hydrogen-bond acceptors (Lipinski definition) is 4. The summed E-state index contributed by atoms with van der Waals surface area (Å²) in [6, 6.07) is 0. The van der Waals surface area contributed by atoms with E-state index in [1.807, 2.05) is 20.4 Å². The maximum Gasteiger partial charge on any atom is 0.364 e. The Kier molecular flexibility index (Phi) is 5.92. The molecule has 0 aromatic heterocycles. The molecule has 0 aromatic rings. The fourth-order valence-corrected chi connectivity index (χ4v) is 4.21. The van der Waals surface area contributed by atoms with Crippen molar-refractivity contribution in [2.75, 3.05) is 26.4 Å². The summed E-state index contributed by atoms with van der Waals surface area (Å²) >= 11 is 0. The van der Waals surface area contributed by atoms with Gasteiger partial charge >= 0.3 is 8.56 Å². The summed E-state index contributed by atoms with van der Waals surface area (Å²) in [5, 5.41) is 0. The molecule has 1 heterocycles. The molecule has 0 aliphatic carbocycles. The molecule has 0 spiro atoms. The monoisotopic (exact) mass is 247 g/mol. The van der Waals surface area contributed by atoms with E-state index in [-0.39, 0.29) is 11.8 Å². The molecule has 5 heteroatoms. The molecule has 1 aliphatic heterocycles. The minimum atomic E-state index is -2.26. The minimum absolute atomic E-state index is 0.0170. The number of ether oxygens (including phenoxy) is 2. The first-order valence-electron chi connectivity index (χ1n) is 5.96. The first-order valence-corrected chi connectivity index (χ1v) is 8.36. The number of rotatable bonds is 9. The van der Waals surface area contributed by atoms with Gasteiger partial charge in [0.15, 0.2) is 0 Å². The molecule has 16 heavy (non-hydrogen) atoms. The van der Waals surface area contributed by atoms with Crippen molar-refractivity contribution in [2.45, 2.75) is 38.6 Å². The fraction of sp³-hybridized carbons (Fsp3) is 0.909. The third-order valence-electron chi connectivity index (χ3n) is 2.59. The van der Waals surface area contributed by atoms with Crippen molar-refractivity contribution in [3.05, 3.63) is 6.92 Å². The number of hydrogen-bond donors (Lipinski definition) is 0. The van der Waals surface area contributed by atoms with Crippen molar-refractivity contribution < 1.29 is 18.3 Å². The van der Waals surface area contributed by atoms with Crippen molar-refractivity contribution in [3.8, 4) is 0 Å². The van der Waals surface area contributed by atoms with Crippen LogP contribution in [0.5, 0.6) is 0 Å². The molecule has 0 N–H and O–H groups in total. The summed E-state index contributed by atoms with van der Waals surface area (Å²) < 4.78 is 22.5. The second kappa shape index (κ2) is 6.71. The molecule has 1 saturated heterocycles. The molecular formula is C11H23O4Si. The van der Waals surface area contributed by atoms with Crippen molar-refractivity contribution >= 4 is 8.56 Å². The van der Waals surface area contributed by atoms with Crippen molar-refractivity contribution in [3.63, 3.8) is 0 Å². The van der Waals surface area contributed by atoms with Crippen LogP contribution in [0.4, 0.5) is 0 Å². The SMILES string of the molecule is [CH2]CC(OCC1CO1)[Si](C)(OCC)OCC. The normalized spacial score (nSPS) is 22.1. The van der Waals surface area contributed by atoms with Crippen LogP contribution in [0.25, 0.3) is 0 Å². The van der Waals surface area contributed by atoms with Gasteiger partial charge in [0.05, 0.1) is 13.2 Å². The van der Waals surface area contributed by atoms with E-state index in [1.54, 1.807) is 0 Å². The Morgan fingerprint density at radius 3 is 2.31 bits per heavy atom. The maximum atomic E-state index is 5.81. The summed E-state index contributed by atoms with van der Waals surface area (Å²) in [6.45, 7) is 12.7. The molecule has 0 bridgehead atoms. The van der Waals surface area contributed by atoms with E-state index in [1.165, 1.54) is 0 Å². The highest BCUT2D eigenvalue weighted by Gasteiger charge is 2.41. The predicted octanol–water partition coefficient (Wildman–Crippen LogP) is 1.68. The zero-order chi connectivity index (χ0) is 12.0. The van der Waals surface area contributed by atoms with Crippen LogP contribution in [0, 0.1) is 6.92 Å². The highest BCUT2D eigenvalue weighted by Crippen LogP contribution is 2.20. The van der Waals surface area contributed by atoms with Gasteiger partial charge < -0.3 is 18.3 Å². The zero-order valence-corrected chi connectivity index (χ0v) is 11.5. The van der Waals surface area contributed by atoms with Crippen LogP contribution < -0.4 is 0 Å². The molecule has 1 fully saturated rings. The molecule has 0 saturated carbocycles. The Labute approximate surface area is 99.5 Å².